The molecule has 1 unspecified atom stereocenters. The molecule has 180 valence electrons. The minimum Gasteiger partial charge on any atom is -0.445 e. The van der Waals surface area contributed by atoms with Gasteiger partial charge >= 0.3 is 6.09 Å². The van der Waals surface area contributed by atoms with Crippen LogP contribution in [0.2, 0.25) is 0 Å². The van der Waals surface area contributed by atoms with E-state index in [2.05, 4.69) is 28.0 Å². The largest absolute Gasteiger partial charge is 0.445 e. The van der Waals surface area contributed by atoms with Crippen LogP contribution in [0.3, 0.4) is 0 Å². The van der Waals surface area contributed by atoms with Crippen molar-refractivity contribution >= 4 is 11.8 Å². The van der Waals surface area contributed by atoms with Gasteiger partial charge in [0.05, 0.1) is 6.04 Å². The zero-order chi connectivity index (χ0) is 22.9. The quantitative estimate of drug-likeness (QED) is 0.587. The highest BCUT2D eigenvalue weighted by Gasteiger charge is 2.41. The van der Waals surface area contributed by atoms with Crippen LogP contribution >= 0.6 is 0 Å². The molecule has 2 bridgehead atoms. The van der Waals surface area contributed by atoms with Crippen molar-refractivity contribution in [2.75, 3.05) is 37.6 Å². The van der Waals surface area contributed by atoms with Crippen molar-refractivity contribution in [2.24, 2.45) is 0 Å². The summed E-state index contributed by atoms with van der Waals surface area (Å²) in [4.78, 5) is 20.3. The Hall–Kier alpha value is -2.53. The molecular weight excluding hydrogens is 422 g/mol. The monoisotopic (exact) mass is 459 g/mol. The van der Waals surface area contributed by atoms with Gasteiger partial charge < -0.3 is 14.5 Å². The molecule has 2 atom stereocenters. The lowest BCUT2D eigenvalue weighted by molar-refractivity contribution is 0.0694. The number of hydrogen-bond acceptors (Lipinski definition) is 4. The van der Waals surface area contributed by atoms with Crippen LogP contribution in [0.15, 0.2) is 48.5 Å². The molecule has 2 heterocycles. The number of carbonyl (C=O) groups excluding carboxylic acids is 1. The van der Waals surface area contributed by atoms with Crippen LogP contribution in [0.5, 0.6) is 0 Å². The molecule has 5 heteroatoms. The summed E-state index contributed by atoms with van der Waals surface area (Å²) in [5, 5.41) is 0. The predicted octanol–water partition coefficient (Wildman–Crippen LogP) is 5.71. The van der Waals surface area contributed by atoms with Crippen LogP contribution in [0.25, 0.3) is 0 Å². The van der Waals surface area contributed by atoms with Crippen molar-refractivity contribution in [3.05, 3.63) is 65.2 Å². The molecule has 5 nitrogen and oxygen atoms in total. The first-order chi connectivity index (χ1) is 16.8. The first-order valence-corrected chi connectivity index (χ1v) is 13.4. The summed E-state index contributed by atoms with van der Waals surface area (Å²) >= 11 is 0. The molecule has 4 aliphatic rings. The van der Waals surface area contributed by atoms with E-state index in [9.17, 15) is 4.79 Å². The Labute approximate surface area is 203 Å². The molecule has 0 radical (unpaired) electrons. The molecule has 1 saturated carbocycles. The summed E-state index contributed by atoms with van der Waals surface area (Å²) in [7, 11) is 0. The summed E-state index contributed by atoms with van der Waals surface area (Å²) in [5.41, 5.74) is 5.17. The van der Waals surface area contributed by atoms with E-state index in [0.717, 1.165) is 44.1 Å². The standard InChI is InChI=1S/C29H37N3O2/c33-29(34-21-22-7-3-1-4-8-22)32-14-13-23-19-28(32)27-20-25(11-12-26(23)27)31-17-15-30(16-18-31)24-9-5-2-6-10-24/h1,3-4,7-8,11-12,20,23-24,28H,2,5-6,9-10,13-19,21H2/t23?,28-/m1/s1. The van der Waals surface area contributed by atoms with Crippen molar-refractivity contribution < 1.29 is 9.53 Å². The second kappa shape index (κ2) is 9.61. The van der Waals surface area contributed by atoms with Gasteiger partial charge in [0, 0.05) is 44.5 Å². The average molecular weight is 460 g/mol. The number of hydrogen-bond donors (Lipinski definition) is 0. The van der Waals surface area contributed by atoms with Gasteiger partial charge in [-0.25, -0.2) is 4.79 Å². The summed E-state index contributed by atoms with van der Waals surface area (Å²) in [6.45, 7) is 5.67. The molecule has 6 rings (SSSR count). The molecule has 1 amide bonds. The maximum absolute atomic E-state index is 13.0. The Kier molecular flexibility index (Phi) is 6.21. The number of benzene rings is 2. The smallest absolute Gasteiger partial charge is 0.410 e. The van der Waals surface area contributed by atoms with E-state index in [1.165, 1.54) is 62.0 Å². The van der Waals surface area contributed by atoms with E-state index in [0.29, 0.717) is 12.5 Å². The normalized spacial score (nSPS) is 25.3. The third kappa shape index (κ3) is 4.31. The molecule has 0 aromatic heterocycles. The Morgan fingerprint density at radius 3 is 2.44 bits per heavy atom. The topological polar surface area (TPSA) is 36.0 Å². The highest BCUT2D eigenvalue weighted by molar-refractivity contribution is 5.70. The van der Waals surface area contributed by atoms with E-state index in [4.69, 9.17) is 4.74 Å². The van der Waals surface area contributed by atoms with Crippen LogP contribution < -0.4 is 4.90 Å². The molecule has 3 fully saturated rings. The second-order valence-electron chi connectivity index (χ2n) is 10.6. The fourth-order valence-corrected chi connectivity index (χ4v) is 6.77. The van der Waals surface area contributed by atoms with Crippen molar-refractivity contribution in [2.45, 2.75) is 69.6 Å². The number of ether oxygens (including phenoxy) is 1. The van der Waals surface area contributed by atoms with E-state index in [1.807, 2.05) is 35.2 Å². The van der Waals surface area contributed by atoms with E-state index in [1.54, 1.807) is 0 Å². The van der Waals surface area contributed by atoms with Gasteiger partial charge in [0.15, 0.2) is 0 Å². The van der Waals surface area contributed by atoms with Gasteiger partial charge in [-0.3, -0.25) is 4.90 Å². The minimum absolute atomic E-state index is 0.153. The van der Waals surface area contributed by atoms with Gasteiger partial charge in [-0.1, -0.05) is 55.7 Å². The first-order valence-electron chi connectivity index (χ1n) is 13.4. The van der Waals surface area contributed by atoms with E-state index >= 15 is 0 Å². The van der Waals surface area contributed by atoms with Gasteiger partial charge in [0.1, 0.15) is 6.61 Å². The lowest BCUT2D eigenvalue weighted by Crippen LogP contribution is -2.50. The average Bonchev–Trinajstić information content (AvgIpc) is 3.19. The molecule has 0 spiro atoms. The number of rotatable bonds is 4. The molecule has 2 aromatic carbocycles. The summed E-state index contributed by atoms with van der Waals surface area (Å²) in [6.07, 6.45) is 8.90. The second-order valence-corrected chi connectivity index (χ2v) is 10.6. The van der Waals surface area contributed by atoms with Gasteiger partial charge in [-0.05, 0) is 60.4 Å². The van der Waals surface area contributed by atoms with E-state index in [-0.39, 0.29) is 12.1 Å². The lowest BCUT2D eigenvalue weighted by atomic mass is 9.93. The fraction of sp³-hybridized carbons (Fsp3) is 0.552. The minimum atomic E-state index is -0.174. The zero-order valence-electron chi connectivity index (χ0n) is 20.2. The number of nitrogens with zero attached hydrogens (tertiary/aromatic N) is 3. The Morgan fingerprint density at radius 2 is 1.65 bits per heavy atom. The SMILES string of the molecule is O=C(OCc1ccccc1)N1CCC2C[C@@H]1c1cc(N3CCN(C4CCCCC4)CC3)ccc12. The van der Waals surface area contributed by atoms with Gasteiger partial charge in [-0.2, -0.15) is 0 Å². The third-order valence-corrected chi connectivity index (χ3v) is 8.68. The summed E-state index contributed by atoms with van der Waals surface area (Å²) in [5.74, 6) is 0.579. The van der Waals surface area contributed by atoms with Crippen molar-refractivity contribution in [1.82, 2.24) is 9.80 Å². The summed E-state index contributed by atoms with van der Waals surface area (Å²) < 4.78 is 5.72. The van der Waals surface area contributed by atoms with Gasteiger partial charge in [0.25, 0.3) is 0 Å². The van der Waals surface area contributed by atoms with Crippen LogP contribution in [-0.2, 0) is 11.3 Å². The predicted molar refractivity (Wildman–Crippen MR) is 135 cm³/mol. The third-order valence-electron chi connectivity index (χ3n) is 8.68. The van der Waals surface area contributed by atoms with Crippen LogP contribution in [0, 0.1) is 0 Å². The molecule has 2 aromatic rings. The first kappa shape index (κ1) is 22.0. The Morgan fingerprint density at radius 1 is 0.853 bits per heavy atom. The fourth-order valence-electron chi connectivity index (χ4n) is 6.77. The van der Waals surface area contributed by atoms with Crippen LogP contribution in [0.1, 0.15) is 73.6 Å². The van der Waals surface area contributed by atoms with Crippen LogP contribution in [-0.4, -0.2) is 54.7 Å². The maximum atomic E-state index is 13.0. The zero-order valence-corrected chi connectivity index (χ0v) is 20.2. The number of amides is 1. The molecule has 34 heavy (non-hydrogen) atoms. The van der Waals surface area contributed by atoms with Crippen molar-refractivity contribution in [3.8, 4) is 0 Å². The Bertz CT molecular complexity index is 996. The number of carbonyl (C=O) groups is 1. The number of likely N-dealkylation sites (tertiary alicyclic amines) is 1. The molecule has 2 aliphatic carbocycles. The lowest BCUT2D eigenvalue weighted by Gasteiger charge is -2.41. The molecule has 2 saturated heterocycles. The molecule has 2 aliphatic heterocycles. The number of piperazine rings is 1. The van der Waals surface area contributed by atoms with E-state index < -0.39 is 0 Å². The molecular formula is C29H37N3O2. The molecule has 0 N–H and O–H groups in total. The highest BCUT2D eigenvalue weighted by atomic mass is 16.6. The summed E-state index contributed by atoms with van der Waals surface area (Å²) in [6, 6.07) is 18.0. The maximum Gasteiger partial charge on any atom is 0.410 e. The van der Waals surface area contributed by atoms with Crippen molar-refractivity contribution in [1.29, 1.82) is 0 Å². The van der Waals surface area contributed by atoms with Gasteiger partial charge in [-0.15, -0.1) is 0 Å². The van der Waals surface area contributed by atoms with Crippen LogP contribution in [0.4, 0.5) is 10.5 Å². The Balaban J connectivity index is 1.12. The number of anilines is 1. The number of piperidine rings is 1. The number of fused-ring (bicyclic) bond motifs is 5. The van der Waals surface area contributed by atoms with Gasteiger partial charge in [0.2, 0.25) is 0 Å². The van der Waals surface area contributed by atoms with Crippen molar-refractivity contribution in [3.63, 3.8) is 0 Å². The highest BCUT2D eigenvalue weighted by Crippen LogP contribution is 2.50.